The third-order valence-electron chi connectivity index (χ3n) is 5.85. The molecule has 2 aromatic rings. The molecule has 0 aromatic heterocycles. The fraction of sp³-hybridized carbons (Fsp3) is 0.364. The van der Waals surface area contributed by atoms with E-state index in [1.807, 2.05) is 12.1 Å². The van der Waals surface area contributed by atoms with Crippen molar-refractivity contribution >= 4 is 11.5 Å². The highest BCUT2D eigenvalue weighted by molar-refractivity contribution is 5.96. The fourth-order valence-corrected chi connectivity index (χ4v) is 4.80. The highest BCUT2D eigenvalue weighted by atomic mass is 16.1. The number of rotatable bonds is 4. The van der Waals surface area contributed by atoms with E-state index in [2.05, 4.69) is 53.4 Å². The van der Waals surface area contributed by atoms with Gasteiger partial charge in [-0.25, -0.2) is 0 Å². The van der Waals surface area contributed by atoms with Gasteiger partial charge in [0.1, 0.15) is 5.78 Å². The van der Waals surface area contributed by atoms with Gasteiger partial charge in [0.05, 0.1) is 11.5 Å². The average molecular weight is 330 g/mol. The zero-order valence-electron chi connectivity index (χ0n) is 14.3. The van der Waals surface area contributed by atoms with E-state index in [1.165, 1.54) is 11.3 Å². The Morgan fingerprint density at radius 3 is 2.68 bits per heavy atom. The first kappa shape index (κ1) is 15.9. The third kappa shape index (κ3) is 2.44. The molecule has 0 N–H and O–H groups in total. The number of carbonyl (C=O) groups excluding carboxylic acids is 1. The maximum atomic E-state index is 13.1. The van der Waals surface area contributed by atoms with Gasteiger partial charge in [0.25, 0.3) is 0 Å². The van der Waals surface area contributed by atoms with Gasteiger partial charge < -0.3 is 4.90 Å². The van der Waals surface area contributed by atoms with E-state index in [9.17, 15) is 10.1 Å². The molecule has 0 bridgehead atoms. The number of hydrogen-bond acceptors (Lipinski definition) is 3. The van der Waals surface area contributed by atoms with Gasteiger partial charge in [-0.1, -0.05) is 48.5 Å². The molecule has 2 atom stereocenters. The second kappa shape index (κ2) is 6.37. The lowest BCUT2D eigenvalue weighted by molar-refractivity contribution is -0.127. The Labute approximate surface area is 148 Å². The monoisotopic (exact) mass is 330 g/mol. The Hall–Kier alpha value is -2.60. The second-order valence-corrected chi connectivity index (χ2v) is 7.09. The first-order chi connectivity index (χ1) is 12.3. The van der Waals surface area contributed by atoms with Crippen LogP contribution >= 0.6 is 0 Å². The molecule has 2 aromatic carbocycles. The standard InChI is InChI=1S/C22H22N2O/c23-15-7-14-22-18-10-4-5-11-19(18)24(16-17-8-2-1-3-9-17)20(22)12-6-13-21(22)25/h1-5,8-11,20H,6-7,12-14,16H2/t20-,22-/m1/s1. The van der Waals surface area contributed by atoms with Crippen LogP contribution in [0.4, 0.5) is 5.69 Å². The number of nitrogens with zero attached hydrogens (tertiary/aromatic N) is 2. The van der Waals surface area contributed by atoms with Gasteiger partial charge in [0, 0.05) is 31.1 Å². The van der Waals surface area contributed by atoms with Gasteiger partial charge in [-0.3, -0.25) is 4.79 Å². The summed E-state index contributed by atoms with van der Waals surface area (Å²) in [6, 6.07) is 21.2. The summed E-state index contributed by atoms with van der Waals surface area (Å²) < 4.78 is 0. The number of nitriles is 1. The Morgan fingerprint density at radius 2 is 1.88 bits per heavy atom. The largest absolute Gasteiger partial charge is 0.363 e. The molecular weight excluding hydrogens is 308 g/mol. The summed E-state index contributed by atoms with van der Waals surface area (Å²) in [6.45, 7) is 0.810. The van der Waals surface area contributed by atoms with Crippen LogP contribution in [-0.4, -0.2) is 11.8 Å². The molecule has 3 heteroatoms. The normalized spacial score (nSPS) is 24.5. The summed E-state index contributed by atoms with van der Waals surface area (Å²) in [5.74, 6) is 0.321. The zero-order valence-corrected chi connectivity index (χ0v) is 14.3. The summed E-state index contributed by atoms with van der Waals surface area (Å²) >= 11 is 0. The number of anilines is 1. The summed E-state index contributed by atoms with van der Waals surface area (Å²) in [5.41, 5.74) is 3.06. The molecule has 1 saturated carbocycles. The predicted molar refractivity (Wildman–Crippen MR) is 98.2 cm³/mol. The lowest BCUT2D eigenvalue weighted by Crippen LogP contribution is -2.52. The lowest BCUT2D eigenvalue weighted by Gasteiger charge is -2.41. The summed E-state index contributed by atoms with van der Waals surface area (Å²) in [4.78, 5) is 15.5. The lowest BCUT2D eigenvalue weighted by atomic mass is 9.64. The number of para-hydroxylation sites is 1. The Kier molecular flexibility index (Phi) is 4.05. The van der Waals surface area contributed by atoms with Crippen molar-refractivity contribution in [1.82, 2.24) is 0 Å². The van der Waals surface area contributed by atoms with Crippen LogP contribution in [0.3, 0.4) is 0 Å². The van der Waals surface area contributed by atoms with Crippen molar-refractivity contribution < 1.29 is 4.79 Å². The van der Waals surface area contributed by atoms with Crippen LogP contribution in [0.15, 0.2) is 54.6 Å². The van der Waals surface area contributed by atoms with Crippen molar-refractivity contribution in [2.24, 2.45) is 0 Å². The van der Waals surface area contributed by atoms with Crippen molar-refractivity contribution in [2.45, 2.75) is 50.1 Å². The van der Waals surface area contributed by atoms with Crippen LogP contribution in [0, 0.1) is 11.3 Å². The second-order valence-electron chi connectivity index (χ2n) is 7.09. The summed E-state index contributed by atoms with van der Waals surface area (Å²) in [6.07, 6.45) is 3.65. The SMILES string of the molecule is N#CCC[C@]12C(=O)CCC[C@H]1N(Cc1ccccc1)c1ccccc12. The molecule has 0 spiro atoms. The van der Waals surface area contributed by atoms with Crippen molar-refractivity contribution in [2.75, 3.05) is 4.90 Å². The predicted octanol–water partition coefficient (Wildman–Crippen LogP) is 4.37. The maximum absolute atomic E-state index is 13.1. The number of Topliss-reactive ketones (excluding diaryl/α,β-unsaturated/α-hetero) is 1. The minimum atomic E-state index is -0.501. The molecule has 1 heterocycles. The van der Waals surface area contributed by atoms with Crippen molar-refractivity contribution in [3.63, 3.8) is 0 Å². The first-order valence-corrected chi connectivity index (χ1v) is 9.07. The molecule has 2 aliphatic rings. The molecule has 0 amide bonds. The number of carbonyl (C=O) groups is 1. The molecule has 25 heavy (non-hydrogen) atoms. The smallest absolute Gasteiger partial charge is 0.145 e. The van der Waals surface area contributed by atoms with E-state index in [4.69, 9.17) is 0 Å². The molecule has 1 fully saturated rings. The van der Waals surface area contributed by atoms with E-state index in [-0.39, 0.29) is 6.04 Å². The topological polar surface area (TPSA) is 44.1 Å². The number of fused-ring (bicyclic) bond motifs is 3. The number of hydrogen-bond donors (Lipinski definition) is 0. The summed E-state index contributed by atoms with van der Waals surface area (Å²) in [7, 11) is 0. The minimum Gasteiger partial charge on any atom is -0.363 e. The molecule has 3 nitrogen and oxygen atoms in total. The van der Waals surface area contributed by atoms with E-state index in [1.54, 1.807) is 0 Å². The quantitative estimate of drug-likeness (QED) is 0.836. The van der Waals surface area contributed by atoms with Crippen LogP contribution in [0.5, 0.6) is 0 Å². The van der Waals surface area contributed by atoms with Gasteiger partial charge in [-0.05, 0) is 36.5 Å². The van der Waals surface area contributed by atoms with Crippen LogP contribution in [-0.2, 0) is 16.8 Å². The highest BCUT2D eigenvalue weighted by Crippen LogP contribution is 2.53. The number of ketones is 1. The molecule has 0 radical (unpaired) electrons. The fourth-order valence-electron chi connectivity index (χ4n) is 4.80. The molecule has 0 saturated heterocycles. The molecule has 4 rings (SSSR count). The average Bonchev–Trinajstić information content (AvgIpc) is 2.93. The van der Waals surface area contributed by atoms with Gasteiger partial charge in [0.15, 0.2) is 0 Å². The molecule has 126 valence electrons. The van der Waals surface area contributed by atoms with Crippen molar-refractivity contribution in [3.05, 3.63) is 65.7 Å². The van der Waals surface area contributed by atoms with E-state index < -0.39 is 5.41 Å². The third-order valence-corrected chi connectivity index (χ3v) is 5.85. The van der Waals surface area contributed by atoms with Crippen LogP contribution < -0.4 is 4.90 Å². The van der Waals surface area contributed by atoms with E-state index in [0.29, 0.717) is 25.0 Å². The zero-order chi connectivity index (χ0) is 17.3. The minimum absolute atomic E-state index is 0.166. The Balaban J connectivity index is 1.81. The first-order valence-electron chi connectivity index (χ1n) is 9.07. The summed E-state index contributed by atoms with van der Waals surface area (Å²) in [5, 5.41) is 9.17. The van der Waals surface area contributed by atoms with Crippen molar-refractivity contribution in [3.8, 4) is 6.07 Å². The number of benzene rings is 2. The van der Waals surface area contributed by atoms with Crippen LogP contribution in [0.1, 0.15) is 43.2 Å². The molecule has 1 aliphatic heterocycles. The van der Waals surface area contributed by atoms with Gasteiger partial charge >= 0.3 is 0 Å². The van der Waals surface area contributed by atoms with Crippen LogP contribution in [0.2, 0.25) is 0 Å². The van der Waals surface area contributed by atoms with E-state index >= 15 is 0 Å². The Morgan fingerprint density at radius 1 is 1.12 bits per heavy atom. The van der Waals surface area contributed by atoms with Gasteiger partial charge in [0.2, 0.25) is 0 Å². The van der Waals surface area contributed by atoms with Gasteiger partial charge in [-0.2, -0.15) is 5.26 Å². The molecule has 1 aliphatic carbocycles. The van der Waals surface area contributed by atoms with Gasteiger partial charge in [-0.15, -0.1) is 0 Å². The van der Waals surface area contributed by atoms with Crippen LogP contribution in [0.25, 0.3) is 0 Å². The Bertz CT molecular complexity index is 823. The highest BCUT2D eigenvalue weighted by Gasteiger charge is 2.56. The molecular formula is C22H22N2O. The van der Waals surface area contributed by atoms with E-state index in [0.717, 1.165) is 24.9 Å². The maximum Gasteiger partial charge on any atom is 0.145 e. The molecule has 0 unspecified atom stereocenters. The van der Waals surface area contributed by atoms with Crippen molar-refractivity contribution in [1.29, 1.82) is 5.26 Å².